The molecule has 1 unspecified atom stereocenters. The highest BCUT2D eigenvalue weighted by atomic mass is 16.3. The number of phenolic OH excluding ortho intramolecular Hbond substituents is 1. The summed E-state index contributed by atoms with van der Waals surface area (Å²) in [6.45, 7) is 5.05. The summed E-state index contributed by atoms with van der Waals surface area (Å²) in [4.78, 5) is 2.15. The molecular formula is C13H22N2O. The molecule has 0 saturated heterocycles. The molecule has 1 aromatic rings. The maximum atomic E-state index is 9.83. The van der Waals surface area contributed by atoms with Gasteiger partial charge < -0.3 is 15.7 Å². The molecule has 3 heteroatoms. The van der Waals surface area contributed by atoms with Crippen molar-refractivity contribution in [1.29, 1.82) is 0 Å². The number of hydrogen-bond acceptors (Lipinski definition) is 3. The molecule has 3 N–H and O–H groups in total. The van der Waals surface area contributed by atoms with Crippen LogP contribution in [0.15, 0.2) is 18.2 Å². The molecule has 3 nitrogen and oxygen atoms in total. The minimum absolute atomic E-state index is 0.130. The van der Waals surface area contributed by atoms with Gasteiger partial charge in [0.05, 0.1) is 0 Å². The normalized spacial score (nSPS) is 12.5. The first-order valence-electron chi connectivity index (χ1n) is 5.86. The average molecular weight is 222 g/mol. The third-order valence-electron chi connectivity index (χ3n) is 2.79. The Kier molecular flexibility index (Phi) is 4.62. The van der Waals surface area contributed by atoms with Gasteiger partial charge in [-0.15, -0.1) is 0 Å². The number of nitrogens with two attached hydrogens (primary N) is 1. The number of anilines is 1. The number of hydrogen-bond donors (Lipinski definition) is 2. The summed E-state index contributed by atoms with van der Waals surface area (Å²) in [6, 6.07) is 5.57. The van der Waals surface area contributed by atoms with Crippen LogP contribution in [0.3, 0.4) is 0 Å². The predicted molar refractivity (Wildman–Crippen MR) is 68.9 cm³/mol. The van der Waals surface area contributed by atoms with E-state index in [9.17, 15) is 5.11 Å². The first-order chi connectivity index (χ1) is 7.56. The van der Waals surface area contributed by atoms with Crippen molar-refractivity contribution in [2.45, 2.75) is 32.7 Å². The van der Waals surface area contributed by atoms with Crippen LogP contribution in [0.4, 0.5) is 5.69 Å². The second-order valence-electron chi connectivity index (χ2n) is 4.31. The topological polar surface area (TPSA) is 49.5 Å². The lowest BCUT2D eigenvalue weighted by Gasteiger charge is -2.20. The lowest BCUT2D eigenvalue weighted by atomic mass is 10.1. The van der Waals surface area contributed by atoms with Gasteiger partial charge in [-0.1, -0.05) is 19.4 Å². The number of aromatic hydroxyl groups is 1. The zero-order chi connectivity index (χ0) is 12.1. The Morgan fingerprint density at radius 1 is 1.44 bits per heavy atom. The van der Waals surface area contributed by atoms with Crippen molar-refractivity contribution < 1.29 is 5.11 Å². The fourth-order valence-electron chi connectivity index (χ4n) is 1.68. The van der Waals surface area contributed by atoms with Gasteiger partial charge in [0.25, 0.3) is 0 Å². The lowest BCUT2D eigenvalue weighted by Crippen LogP contribution is -2.18. The molecule has 0 radical (unpaired) electrons. The van der Waals surface area contributed by atoms with E-state index in [-0.39, 0.29) is 11.8 Å². The van der Waals surface area contributed by atoms with E-state index in [4.69, 9.17) is 5.73 Å². The first-order valence-corrected chi connectivity index (χ1v) is 5.86. The molecule has 0 aliphatic heterocycles. The molecule has 0 saturated carbocycles. The Bertz CT molecular complexity index is 337. The molecule has 90 valence electrons. The van der Waals surface area contributed by atoms with Crippen molar-refractivity contribution in [1.82, 2.24) is 0 Å². The molecule has 1 aromatic carbocycles. The van der Waals surface area contributed by atoms with Gasteiger partial charge in [0, 0.05) is 37.0 Å². The molecule has 0 aliphatic rings. The van der Waals surface area contributed by atoms with Gasteiger partial charge in [-0.2, -0.15) is 0 Å². The summed E-state index contributed by atoms with van der Waals surface area (Å²) in [7, 11) is 2.04. The van der Waals surface area contributed by atoms with Crippen LogP contribution in [-0.4, -0.2) is 18.7 Å². The minimum Gasteiger partial charge on any atom is -0.508 e. The first kappa shape index (κ1) is 12.8. The van der Waals surface area contributed by atoms with Gasteiger partial charge in [-0.25, -0.2) is 0 Å². The van der Waals surface area contributed by atoms with Crippen molar-refractivity contribution in [2.24, 2.45) is 5.73 Å². The summed E-state index contributed by atoms with van der Waals surface area (Å²) in [5, 5.41) is 9.83. The van der Waals surface area contributed by atoms with Gasteiger partial charge in [0.2, 0.25) is 0 Å². The second-order valence-corrected chi connectivity index (χ2v) is 4.31. The van der Waals surface area contributed by atoms with Crippen molar-refractivity contribution in [3.05, 3.63) is 23.8 Å². The minimum atomic E-state index is -0.130. The van der Waals surface area contributed by atoms with E-state index < -0.39 is 0 Å². The smallest absolute Gasteiger partial charge is 0.122 e. The SMILES string of the molecule is CCCCN(C)c1ccc(C(C)N)c(O)c1. The Morgan fingerprint density at radius 3 is 2.62 bits per heavy atom. The van der Waals surface area contributed by atoms with Crippen LogP contribution < -0.4 is 10.6 Å². The predicted octanol–water partition coefficient (Wildman–Crippen LogP) is 2.65. The summed E-state index contributed by atoms with van der Waals surface area (Å²) in [5.41, 5.74) is 7.58. The quantitative estimate of drug-likeness (QED) is 0.805. The monoisotopic (exact) mass is 222 g/mol. The average Bonchev–Trinajstić information content (AvgIpc) is 2.25. The highest BCUT2D eigenvalue weighted by molar-refractivity contribution is 5.53. The van der Waals surface area contributed by atoms with E-state index in [1.807, 2.05) is 26.1 Å². The molecule has 16 heavy (non-hydrogen) atoms. The molecule has 1 atom stereocenters. The van der Waals surface area contributed by atoms with E-state index in [2.05, 4.69) is 11.8 Å². The summed E-state index contributed by atoms with van der Waals surface area (Å²) in [6.07, 6.45) is 2.33. The van der Waals surface area contributed by atoms with Crippen LogP contribution in [0.25, 0.3) is 0 Å². The molecule has 0 heterocycles. The van der Waals surface area contributed by atoms with Crippen LogP contribution in [0, 0.1) is 0 Å². The zero-order valence-electron chi connectivity index (χ0n) is 10.4. The molecular weight excluding hydrogens is 200 g/mol. The molecule has 0 bridgehead atoms. The summed E-state index contributed by atoms with van der Waals surface area (Å²) in [5.74, 6) is 0.288. The van der Waals surface area contributed by atoms with E-state index in [0.717, 1.165) is 24.2 Å². The van der Waals surface area contributed by atoms with Crippen LogP contribution >= 0.6 is 0 Å². The second kappa shape index (κ2) is 5.75. The number of benzene rings is 1. The number of rotatable bonds is 5. The van der Waals surface area contributed by atoms with E-state index >= 15 is 0 Å². The molecule has 0 spiro atoms. The van der Waals surface area contributed by atoms with Crippen LogP contribution in [0.1, 0.15) is 38.3 Å². The lowest BCUT2D eigenvalue weighted by molar-refractivity contribution is 0.464. The summed E-state index contributed by atoms with van der Waals surface area (Å²) >= 11 is 0. The van der Waals surface area contributed by atoms with Gasteiger partial charge in [-0.05, 0) is 19.4 Å². The maximum absolute atomic E-state index is 9.83. The van der Waals surface area contributed by atoms with Crippen LogP contribution in [0.2, 0.25) is 0 Å². The van der Waals surface area contributed by atoms with Crippen LogP contribution in [-0.2, 0) is 0 Å². The van der Waals surface area contributed by atoms with Crippen molar-refractivity contribution in [3.63, 3.8) is 0 Å². The number of phenols is 1. The molecule has 0 fully saturated rings. The third kappa shape index (κ3) is 3.14. The largest absolute Gasteiger partial charge is 0.508 e. The van der Waals surface area contributed by atoms with Gasteiger partial charge in [0.1, 0.15) is 5.75 Å². The zero-order valence-corrected chi connectivity index (χ0v) is 10.4. The summed E-state index contributed by atoms with van der Waals surface area (Å²) < 4.78 is 0. The fourth-order valence-corrected chi connectivity index (χ4v) is 1.68. The molecule has 1 rings (SSSR count). The van der Waals surface area contributed by atoms with Gasteiger partial charge >= 0.3 is 0 Å². The maximum Gasteiger partial charge on any atom is 0.122 e. The fraction of sp³-hybridized carbons (Fsp3) is 0.538. The molecule has 0 amide bonds. The van der Waals surface area contributed by atoms with Crippen LogP contribution in [0.5, 0.6) is 5.75 Å². The standard InChI is InChI=1S/C13H22N2O/c1-4-5-8-15(3)11-6-7-12(10(2)14)13(16)9-11/h6-7,9-10,16H,4-5,8,14H2,1-3H3. The van der Waals surface area contributed by atoms with E-state index in [0.29, 0.717) is 0 Å². The van der Waals surface area contributed by atoms with Gasteiger partial charge in [-0.3, -0.25) is 0 Å². The van der Waals surface area contributed by atoms with Crippen molar-refractivity contribution >= 4 is 5.69 Å². The Hall–Kier alpha value is -1.22. The van der Waals surface area contributed by atoms with Crippen molar-refractivity contribution in [2.75, 3.05) is 18.5 Å². The van der Waals surface area contributed by atoms with Crippen molar-refractivity contribution in [3.8, 4) is 5.75 Å². The van der Waals surface area contributed by atoms with Gasteiger partial charge in [0.15, 0.2) is 0 Å². The Labute approximate surface area is 97.9 Å². The Morgan fingerprint density at radius 2 is 2.12 bits per heavy atom. The van der Waals surface area contributed by atoms with E-state index in [1.54, 1.807) is 6.07 Å². The number of unbranched alkanes of at least 4 members (excludes halogenated alkanes) is 1. The Balaban J connectivity index is 2.80. The molecule has 0 aliphatic carbocycles. The number of nitrogens with zero attached hydrogens (tertiary/aromatic N) is 1. The highest BCUT2D eigenvalue weighted by Crippen LogP contribution is 2.27. The third-order valence-corrected chi connectivity index (χ3v) is 2.79. The van der Waals surface area contributed by atoms with E-state index in [1.165, 1.54) is 6.42 Å². The molecule has 0 aromatic heterocycles. The highest BCUT2D eigenvalue weighted by Gasteiger charge is 2.08.